The molecule has 0 saturated heterocycles. The molecular weight excluding hydrogens is 228 g/mol. The topological polar surface area (TPSA) is 46.5 Å². The number of carboxylic acid groups (broad SMARTS) is 1. The van der Waals surface area contributed by atoms with Crippen LogP contribution in [0.4, 0.5) is 0 Å². The Kier molecular flexibility index (Phi) is 3.63. The Morgan fingerprint density at radius 3 is 2.67 bits per heavy atom. The van der Waals surface area contributed by atoms with Crippen molar-refractivity contribution in [3.8, 4) is 16.9 Å². The number of carbonyl (C=O) groups is 1. The third-order valence-electron chi connectivity index (χ3n) is 2.61. The summed E-state index contributed by atoms with van der Waals surface area (Å²) in [6, 6.07) is 14.4. The summed E-state index contributed by atoms with van der Waals surface area (Å²) < 4.78 is 5.42. The first-order chi connectivity index (χ1) is 8.72. The summed E-state index contributed by atoms with van der Waals surface area (Å²) in [4.78, 5) is 11.2. The quantitative estimate of drug-likeness (QED) is 0.893. The molecule has 2 aromatic carbocycles. The first-order valence-corrected chi connectivity index (χ1v) is 5.78. The summed E-state index contributed by atoms with van der Waals surface area (Å²) in [5, 5.41) is 9.17. The maximum absolute atomic E-state index is 11.2. The SMILES string of the molecule is CCOc1cccc(-c2ccccc2C(=O)O)c1. The van der Waals surface area contributed by atoms with Crippen LogP contribution in [0.25, 0.3) is 11.1 Å². The third kappa shape index (κ3) is 2.51. The lowest BCUT2D eigenvalue weighted by molar-refractivity contribution is 0.0697. The van der Waals surface area contributed by atoms with Gasteiger partial charge in [-0.15, -0.1) is 0 Å². The predicted molar refractivity (Wildman–Crippen MR) is 70.0 cm³/mol. The van der Waals surface area contributed by atoms with Crippen LogP contribution in [-0.2, 0) is 0 Å². The molecule has 0 amide bonds. The highest BCUT2D eigenvalue weighted by Crippen LogP contribution is 2.27. The minimum absolute atomic E-state index is 0.297. The maximum Gasteiger partial charge on any atom is 0.336 e. The van der Waals surface area contributed by atoms with Crippen LogP contribution in [0.1, 0.15) is 17.3 Å². The van der Waals surface area contributed by atoms with Crippen LogP contribution in [0.5, 0.6) is 5.75 Å². The van der Waals surface area contributed by atoms with E-state index in [2.05, 4.69) is 0 Å². The van der Waals surface area contributed by atoms with E-state index in [0.29, 0.717) is 17.7 Å². The van der Waals surface area contributed by atoms with Gasteiger partial charge < -0.3 is 9.84 Å². The van der Waals surface area contributed by atoms with Gasteiger partial charge in [-0.25, -0.2) is 4.79 Å². The van der Waals surface area contributed by atoms with Gasteiger partial charge in [0.2, 0.25) is 0 Å². The number of ether oxygens (including phenoxy) is 1. The molecule has 0 heterocycles. The molecule has 0 aliphatic heterocycles. The zero-order valence-electron chi connectivity index (χ0n) is 10.1. The van der Waals surface area contributed by atoms with E-state index < -0.39 is 5.97 Å². The molecule has 0 saturated carbocycles. The summed E-state index contributed by atoms with van der Waals surface area (Å²) in [6.07, 6.45) is 0. The smallest absolute Gasteiger partial charge is 0.336 e. The molecule has 2 rings (SSSR count). The minimum atomic E-state index is -0.924. The second-order valence-electron chi connectivity index (χ2n) is 3.81. The molecule has 0 atom stereocenters. The maximum atomic E-state index is 11.2. The lowest BCUT2D eigenvalue weighted by Crippen LogP contribution is -1.99. The van der Waals surface area contributed by atoms with Crippen molar-refractivity contribution in [3.63, 3.8) is 0 Å². The Bertz CT molecular complexity index is 561. The third-order valence-corrected chi connectivity index (χ3v) is 2.61. The van der Waals surface area contributed by atoms with Gasteiger partial charge in [-0.1, -0.05) is 30.3 Å². The summed E-state index contributed by atoms with van der Waals surface area (Å²) in [6.45, 7) is 2.50. The van der Waals surface area contributed by atoms with Gasteiger partial charge in [0.25, 0.3) is 0 Å². The fourth-order valence-corrected chi connectivity index (χ4v) is 1.84. The molecule has 0 bridgehead atoms. The predicted octanol–water partition coefficient (Wildman–Crippen LogP) is 3.45. The van der Waals surface area contributed by atoms with E-state index in [1.807, 2.05) is 37.3 Å². The lowest BCUT2D eigenvalue weighted by Gasteiger charge is -2.08. The lowest BCUT2D eigenvalue weighted by atomic mass is 10.00. The molecule has 0 fully saturated rings. The highest BCUT2D eigenvalue weighted by molar-refractivity contribution is 5.96. The summed E-state index contributed by atoms with van der Waals surface area (Å²) in [5.41, 5.74) is 1.84. The largest absolute Gasteiger partial charge is 0.494 e. The number of hydrogen-bond donors (Lipinski definition) is 1. The van der Waals surface area contributed by atoms with E-state index >= 15 is 0 Å². The van der Waals surface area contributed by atoms with Crippen LogP contribution >= 0.6 is 0 Å². The summed E-state index contributed by atoms with van der Waals surface area (Å²) in [5.74, 6) is -0.178. The van der Waals surface area contributed by atoms with E-state index in [1.54, 1.807) is 18.2 Å². The first kappa shape index (κ1) is 12.2. The van der Waals surface area contributed by atoms with E-state index in [0.717, 1.165) is 11.3 Å². The van der Waals surface area contributed by atoms with Gasteiger partial charge >= 0.3 is 5.97 Å². The molecular formula is C15H14O3. The number of aromatic carboxylic acids is 1. The molecule has 0 unspecified atom stereocenters. The average molecular weight is 242 g/mol. The molecule has 0 aliphatic rings. The van der Waals surface area contributed by atoms with Crippen LogP contribution in [0, 0.1) is 0 Å². The van der Waals surface area contributed by atoms with Gasteiger partial charge in [-0.3, -0.25) is 0 Å². The van der Waals surface area contributed by atoms with Crippen molar-refractivity contribution in [1.29, 1.82) is 0 Å². The standard InChI is InChI=1S/C15H14O3/c1-2-18-12-7-5-6-11(10-12)13-8-3-4-9-14(13)15(16)17/h3-10H,2H2,1H3,(H,16,17). The van der Waals surface area contributed by atoms with Crippen LogP contribution in [0.2, 0.25) is 0 Å². The average Bonchev–Trinajstić information content (AvgIpc) is 2.39. The molecule has 1 N–H and O–H groups in total. The molecule has 92 valence electrons. The molecule has 0 spiro atoms. The van der Waals surface area contributed by atoms with Crippen molar-refractivity contribution < 1.29 is 14.6 Å². The van der Waals surface area contributed by atoms with Crippen molar-refractivity contribution in [2.45, 2.75) is 6.92 Å². The van der Waals surface area contributed by atoms with Crippen LogP contribution in [-0.4, -0.2) is 17.7 Å². The molecule has 0 radical (unpaired) electrons. The van der Waals surface area contributed by atoms with Crippen molar-refractivity contribution in [2.24, 2.45) is 0 Å². The normalized spacial score (nSPS) is 10.1. The van der Waals surface area contributed by atoms with Crippen molar-refractivity contribution in [1.82, 2.24) is 0 Å². The molecule has 0 aliphatic carbocycles. The second kappa shape index (κ2) is 5.36. The number of hydrogen-bond acceptors (Lipinski definition) is 2. The van der Waals surface area contributed by atoms with Crippen LogP contribution in [0.3, 0.4) is 0 Å². The zero-order chi connectivity index (χ0) is 13.0. The second-order valence-corrected chi connectivity index (χ2v) is 3.81. The Labute approximate surface area is 106 Å². The highest BCUT2D eigenvalue weighted by atomic mass is 16.5. The van der Waals surface area contributed by atoms with Crippen LogP contribution < -0.4 is 4.74 Å². The van der Waals surface area contributed by atoms with Crippen molar-refractivity contribution in [3.05, 3.63) is 54.1 Å². The first-order valence-electron chi connectivity index (χ1n) is 5.78. The molecule has 0 aromatic heterocycles. The fraction of sp³-hybridized carbons (Fsp3) is 0.133. The van der Waals surface area contributed by atoms with Gasteiger partial charge in [-0.05, 0) is 36.2 Å². The highest BCUT2D eigenvalue weighted by Gasteiger charge is 2.10. The van der Waals surface area contributed by atoms with Crippen molar-refractivity contribution >= 4 is 5.97 Å². The Hall–Kier alpha value is -2.29. The summed E-state index contributed by atoms with van der Waals surface area (Å²) >= 11 is 0. The summed E-state index contributed by atoms with van der Waals surface area (Å²) in [7, 11) is 0. The molecule has 3 nitrogen and oxygen atoms in total. The van der Waals surface area contributed by atoms with Gasteiger partial charge in [0.05, 0.1) is 12.2 Å². The van der Waals surface area contributed by atoms with E-state index in [4.69, 9.17) is 9.84 Å². The van der Waals surface area contributed by atoms with Gasteiger partial charge in [0, 0.05) is 0 Å². The fourth-order valence-electron chi connectivity index (χ4n) is 1.84. The zero-order valence-corrected chi connectivity index (χ0v) is 10.1. The molecule has 3 heteroatoms. The minimum Gasteiger partial charge on any atom is -0.494 e. The van der Waals surface area contributed by atoms with E-state index in [9.17, 15) is 4.79 Å². The van der Waals surface area contributed by atoms with Gasteiger partial charge in [0.15, 0.2) is 0 Å². The Morgan fingerprint density at radius 1 is 1.17 bits per heavy atom. The van der Waals surface area contributed by atoms with Gasteiger partial charge in [-0.2, -0.15) is 0 Å². The monoisotopic (exact) mass is 242 g/mol. The Morgan fingerprint density at radius 2 is 1.94 bits per heavy atom. The van der Waals surface area contributed by atoms with Crippen LogP contribution in [0.15, 0.2) is 48.5 Å². The van der Waals surface area contributed by atoms with Crippen molar-refractivity contribution in [2.75, 3.05) is 6.61 Å². The molecule has 2 aromatic rings. The number of benzene rings is 2. The molecule has 18 heavy (non-hydrogen) atoms. The number of rotatable bonds is 4. The van der Waals surface area contributed by atoms with Gasteiger partial charge in [0.1, 0.15) is 5.75 Å². The number of carboxylic acids is 1. The van der Waals surface area contributed by atoms with E-state index in [-0.39, 0.29) is 0 Å². The Balaban J connectivity index is 2.48. The van der Waals surface area contributed by atoms with E-state index in [1.165, 1.54) is 0 Å².